The first kappa shape index (κ1) is 17.9. The van der Waals surface area contributed by atoms with Crippen molar-refractivity contribution in [3.05, 3.63) is 54.1 Å². The molecule has 2 fully saturated rings. The molecule has 0 bridgehead atoms. The van der Waals surface area contributed by atoms with E-state index >= 15 is 0 Å². The summed E-state index contributed by atoms with van der Waals surface area (Å²) in [5.74, 6) is -0.0340. The van der Waals surface area contributed by atoms with Gasteiger partial charge in [0.25, 0.3) is 5.91 Å². The summed E-state index contributed by atoms with van der Waals surface area (Å²) in [6, 6.07) is 10.8. The van der Waals surface area contributed by atoms with Gasteiger partial charge in [-0.25, -0.2) is 4.98 Å². The molecule has 6 nitrogen and oxygen atoms in total. The van der Waals surface area contributed by atoms with Gasteiger partial charge >= 0.3 is 0 Å². The maximum Gasteiger partial charge on any atom is 0.274 e. The number of nitrogens with zero attached hydrogens (tertiary/aromatic N) is 4. The molecule has 1 aromatic heterocycles. The maximum absolute atomic E-state index is 12.6. The van der Waals surface area contributed by atoms with Crippen molar-refractivity contribution in [2.24, 2.45) is 0 Å². The van der Waals surface area contributed by atoms with Crippen LogP contribution in [0.25, 0.3) is 0 Å². The Morgan fingerprint density at radius 2 is 1.93 bits per heavy atom. The quantitative estimate of drug-likeness (QED) is 0.836. The van der Waals surface area contributed by atoms with Crippen LogP contribution in [0.15, 0.2) is 42.7 Å². The highest BCUT2D eigenvalue weighted by atomic mass is 16.5. The van der Waals surface area contributed by atoms with E-state index in [4.69, 9.17) is 4.74 Å². The zero-order valence-electron chi connectivity index (χ0n) is 16.0. The van der Waals surface area contributed by atoms with Crippen molar-refractivity contribution < 1.29 is 9.53 Å². The van der Waals surface area contributed by atoms with Crippen LogP contribution in [0.1, 0.15) is 35.4 Å². The molecule has 2 aliphatic rings. The molecule has 2 saturated heterocycles. The third-order valence-electron chi connectivity index (χ3n) is 5.86. The second-order valence-electron chi connectivity index (χ2n) is 7.63. The molecule has 27 heavy (non-hydrogen) atoms. The van der Waals surface area contributed by atoms with Gasteiger partial charge in [-0.1, -0.05) is 18.2 Å². The van der Waals surface area contributed by atoms with E-state index in [2.05, 4.69) is 46.2 Å². The van der Waals surface area contributed by atoms with Gasteiger partial charge in [0.2, 0.25) is 0 Å². The second kappa shape index (κ2) is 7.27. The predicted octanol–water partition coefficient (Wildman–Crippen LogP) is 2.69. The molecule has 2 aliphatic heterocycles. The average Bonchev–Trinajstić information content (AvgIpc) is 3.12. The lowest BCUT2D eigenvalue weighted by molar-refractivity contribution is -0.0389. The highest BCUT2D eigenvalue weighted by Crippen LogP contribution is 2.38. The second-order valence-corrected chi connectivity index (χ2v) is 7.63. The maximum atomic E-state index is 12.6. The highest BCUT2D eigenvalue weighted by molar-refractivity contribution is 5.92. The number of amides is 1. The topological polar surface area (TPSA) is 58.6 Å². The van der Waals surface area contributed by atoms with E-state index in [1.54, 1.807) is 12.4 Å². The number of rotatable bonds is 3. The molecule has 0 aliphatic carbocycles. The number of anilines is 1. The molecular weight excluding hydrogens is 340 g/mol. The van der Waals surface area contributed by atoms with Gasteiger partial charge < -0.3 is 14.5 Å². The van der Waals surface area contributed by atoms with Crippen LogP contribution >= 0.6 is 0 Å². The van der Waals surface area contributed by atoms with Crippen LogP contribution in [0.2, 0.25) is 0 Å². The van der Waals surface area contributed by atoms with Gasteiger partial charge in [0.1, 0.15) is 5.69 Å². The van der Waals surface area contributed by atoms with Crippen molar-refractivity contribution in [1.29, 1.82) is 0 Å². The van der Waals surface area contributed by atoms with Crippen molar-refractivity contribution in [2.75, 3.05) is 31.6 Å². The lowest BCUT2D eigenvalue weighted by atomic mass is 9.87. The van der Waals surface area contributed by atoms with Gasteiger partial charge in [-0.2, -0.15) is 0 Å². The van der Waals surface area contributed by atoms with Crippen molar-refractivity contribution in [3.8, 4) is 0 Å². The monoisotopic (exact) mass is 366 g/mol. The normalized spacial score (nSPS) is 21.4. The summed E-state index contributed by atoms with van der Waals surface area (Å²) in [6.07, 6.45) is 5.96. The van der Waals surface area contributed by atoms with Gasteiger partial charge in [-0.15, -0.1) is 0 Å². The molecule has 2 aromatic rings. The zero-order chi connectivity index (χ0) is 18.9. The summed E-state index contributed by atoms with van der Waals surface area (Å²) in [4.78, 5) is 25.2. The van der Waals surface area contributed by atoms with Crippen LogP contribution in [-0.2, 0) is 4.74 Å². The van der Waals surface area contributed by atoms with Crippen LogP contribution < -0.4 is 4.90 Å². The molecule has 1 unspecified atom stereocenters. The minimum absolute atomic E-state index is 0.0340. The Balaban J connectivity index is 1.36. The van der Waals surface area contributed by atoms with Crippen molar-refractivity contribution in [2.45, 2.75) is 37.8 Å². The number of likely N-dealkylation sites (N-methyl/N-ethyl adjacent to an activating group) is 1. The fraction of sp³-hybridized carbons (Fsp3) is 0.476. The van der Waals surface area contributed by atoms with Gasteiger partial charge in [0.05, 0.1) is 30.1 Å². The largest absolute Gasteiger partial charge is 0.373 e. The zero-order valence-corrected chi connectivity index (χ0v) is 16.0. The van der Waals surface area contributed by atoms with E-state index in [-0.39, 0.29) is 11.5 Å². The van der Waals surface area contributed by atoms with Gasteiger partial charge in [0, 0.05) is 32.0 Å². The van der Waals surface area contributed by atoms with Crippen molar-refractivity contribution in [3.63, 3.8) is 0 Å². The number of carbonyl (C=O) groups excluding carboxylic acids is 1. The Kier molecular flexibility index (Phi) is 4.83. The Bertz CT molecular complexity index is 786. The number of aromatic nitrogens is 2. The van der Waals surface area contributed by atoms with E-state index < -0.39 is 0 Å². The van der Waals surface area contributed by atoms with Crippen LogP contribution in [0.5, 0.6) is 0 Å². The molecule has 1 atom stereocenters. The van der Waals surface area contributed by atoms with E-state index in [1.807, 2.05) is 17.9 Å². The number of ether oxygens (including phenoxy) is 1. The van der Waals surface area contributed by atoms with Gasteiger partial charge in [0.15, 0.2) is 0 Å². The van der Waals surface area contributed by atoms with Gasteiger partial charge in [-0.05, 0) is 38.3 Å². The molecule has 1 amide bonds. The number of carbonyl (C=O) groups is 1. The third-order valence-corrected chi connectivity index (χ3v) is 5.86. The molecule has 0 radical (unpaired) electrons. The lowest BCUT2D eigenvalue weighted by Crippen LogP contribution is -2.47. The smallest absolute Gasteiger partial charge is 0.274 e. The van der Waals surface area contributed by atoms with Crippen LogP contribution in [0.4, 0.5) is 5.69 Å². The molecule has 0 N–H and O–H groups in total. The first-order valence-corrected chi connectivity index (χ1v) is 9.56. The first-order chi connectivity index (χ1) is 13.1. The number of benzene rings is 1. The highest BCUT2D eigenvalue weighted by Gasteiger charge is 2.44. The molecule has 4 rings (SSSR count). The fourth-order valence-corrected chi connectivity index (χ4v) is 4.07. The molecular formula is C21H26N4O2. The molecule has 3 heterocycles. The van der Waals surface area contributed by atoms with Crippen LogP contribution in [0, 0.1) is 6.92 Å². The van der Waals surface area contributed by atoms with Gasteiger partial charge in [-0.3, -0.25) is 9.78 Å². The van der Waals surface area contributed by atoms with Crippen molar-refractivity contribution >= 4 is 11.6 Å². The summed E-state index contributed by atoms with van der Waals surface area (Å²) in [5, 5.41) is 0. The Morgan fingerprint density at radius 3 is 2.59 bits per heavy atom. The summed E-state index contributed by atoms with van der Waals surface area (Å²) in [5.41, 5.74) is 2.35. The minimum atomic E-state index is -0.108. The molecule has 142 valence electrons. The standard InChI is InChI=1S/C21H26N4O2/c1-16-13-23-19(14-22-16)20(26)25-10-8-21(9-11-25)12-18(15-27-21)24(2)17-6-4-3-5-7-17/h3-7,13-14,18H,8-12,15H2,1-2H3. The molecule has 1 spiro atoms. The Hall–Kier alpha value is -2.47. The Labute approximate surface area is 160 Å². The summed E-state index contributed by atoms with van der Waals surface area (Å²) >= 11 is 0. The molecule has 6 heteroatoms. The number of para-hydroxylation sites is 1. The number of hydrogen-bond acceptors (Lipinski definition) is 5. The Morgan fingerprint density at radius 1 is 1.19 bits per heavy atom. The SMILES string of the molecule is Cc1cnc(C(=O)N2CCC3(CC2)CC(N(C)c2ccccc2)CO3)cn1. The first-order valence-electron chi connectivity index (χ1n) is 9.56. The predicted molar refractivity (Wildman–Crippen MR) is 104 cm³/mol. The summed E-state index contributed by atoms with van der Waals surface area (Å²) in [6.45, 7) is 4.02. The number of aryl methyl sites for hydroxylation is 1. The summed E-state index contributed by atoms with van der Waals surface area (Å²) in [7, 11) is 2.14. The van der Waals surface area contributed by atoms with Crippen LogP contribution in [-0.4, -0.2) is 59.2 Å². The molecule has 1 aromatic carbocycles. The van der Waals surface area contributed by atoms with E-state index in [1.165, 1.54) is 5.69 Å². The lowest BCUT2D eigenvalue weighted by Gasteiger charge is -2.38. The number of piperidine rings is 1. The fourth-order valence-electron chi connectivity index (χ4n) is 4.07. The number of hydrogen-bond donors (Lipinski definition) is 0. The van der Waals surface area contributed by atoms with Crippen molar-refractivity contribution in [1.82, 2.24) is 14.9 Å². The van der Waals surface area contributed by atoms with E-state index in [0.717, 1.165) is 31.6 Å². The minimum Gasteiger partial charge on any atom is -0.373 e. The molecule has 0 saturated carbocycles. The number of likely N-dealkylation sites (tertiary alicyclic amines) is 1. The summed E-state index contributed by atoms with van der Waals surface area (Å²) < 4.78 is 6.28. The third kappa shape index (κ3) is 3.67. The van der Waals surface area contributed by atoms with E-state index in [0.29, 0.717) is 24.8 Å². The van der Waals surface area contributed by atoms with Crippen LogP contribution in [0.3, 0.4) is 0 Å². The van der Waals surface area contributed by atoms with E-state index in [9.17, 15) is 4.79 Å². The average molecular weight is 366 g/mol.